The zero-order valence-corrected chi connectivity index (χ0v) is 17.3. The smallest absolute Gasteiger partial charge is 0.162 e. The Kier molecular flexibility index (Phi) is 13.2. The summed E-state index contributed by atoms with van der Waals surface area (Å²) in [6.45, 7) is 9.51. The highest BCUT2D eigenvalue weighted by molar-refractivity contribution is 5.85. The van der Waals surface area contributed by atoms with Gasteiger partial charge in [-0.15, -0.1) is 24.8 Å². The van der Waals surface area contributed by atoms with Crippen LogP contribution in [0.1, 0.15) is 39.5 Å². The van der Waals surface area contributed by atoms with Gasteiger partial charge in [0.2, 0.25) is 0 Å². The van der Waals surface area contributed by atoms with Crippen LogP contribution in [-0.4, -0.2) is 43.7 Å². The number of rotatable bonds is 9. The number of ether oxygens (including phenoxy) is 1. The molecule has 1 aromatic rings. The molecule has 0 amide bonds. The largest absolute Gasteiger partial charge is 0.493 e. The van der Waals surface area contributed by atoms with Crippen LogP contribution in [0.25, 0.3) is 0 Å². The number of halogens is 4. The predicted octanol–water partition coefficient (Wildman–Crippen LogP) is 4.68. The van der Waals surface area contributed by atoms with Crippen LogP contribution in [0.5, 0.6) is 5.75 Å². The average molecular weight is 413 g/mol. The predicted molar refractivity (Wildman–Crippen MR) is 108 cm³/mol. The third-order valence-corrected chi connectivity index (χ3v) is 4.43. The van der Waals surface area contributed by atoms with Crippen molar-refractivity contribution in [3.8, 4) is 5.75 Å². The number of likely N-dealkylation sites (tertiary alicyclic amines) is 1. The fraction of sp³-hybridized carbons (Fsp3) is 0.684. The Morgan fingerprint density at radius 3 is 2.42 bits per heavy atom. The summed E-state index contributed by atoms with van der Waals surface area (Å²) in [7, 11) is 0. The van der Waals surface area contributed by atoms with Gasteiger partial charge < -0.3 is 15.0 Å². The Hall–Kier alpha value is -0.620. The molecule has 1 aliphatic heterocycles. The molecule has 26 heavy (non-hydrogen) atoms. The summed E-state index contributed by atoms with van der Waals surface area (Å²) < 4.78 is 31.4. The fourth-order valence-corrected chi connectivity index (χ4v) is 2.96. The van der Waals surface area contributed by atoms with Gasteiger partial charge in [0, 0.05) is 12.1 Å². The number of hydrogen-bond donors (Lipinski definition) is 1. The van der Waals surface area contributed by atoms with E-state index in [4.69, 9.17) is 4.74 Å². The molecule has 0 spiro atoms. The minimum atomic E-state index is -0.860. The standard InChI is InChI=1S/C19H30F2N2O.2ClH/c1-15(2)14-22-16-7-10-23(11-8-16)9-3-4-12-24-17-5-6-18(20)19(21)13-17;;/h5-6,13,15-16,22H,3-4,7-12,14H2,1-2H3;2*1H. The average Bonchev–Trinajstić information content (AvgIpc) is 2.57. The van der Waals surface area contributed by atoms with E-state index in [2.05, 4.69) is 24.1 Å². The van der Waals surface area contributed by atoms with Crippen LogP contribution in [-0.2, 0) is 0 Å². The molecule has 1 fully saturated rings. The van der Waals surface area contributed by atoms with Crippen molar-refractivity contribution in [1.29, 1.82) is 0 Å². The summed E-state index contributed by atoms with van der Waals surface area (Å²) in [6.07, 6.45) is 4.43. The summed E-state index contributed by atoms with van der Waals surface area (Å²) in [5.74, 6) is -0.598. The topological polar surface area (TPSA) is 24.5 Å². The first-order valence-electron chi connectivity index (χ1n) is 9.08. The first-order chi connectivity index (χ1) is 11.5. The van der Waals surface area contributed by atoms with Gasteiger partial charge in [-0.2, -0.15) is 0 Å². The number of hydrogen-bond acceptors (Lipinski definition) is 3. The molecule has 1 heterocycles. The van der Waals surface area contributed by atoms with Gasteiger partial charge in [0.05, 0.1) is 6.61 Å². The molecule has 1 aromatic carbocycles. The van der Waals surface area contributed by atoms with Gasteiger partial charge >= 0.3 is 0 Å². The molecule has 0 unspecified atom stereocenters. The van der Waals surface area contributed by atoms with Crippen molar-refractivity contribution < 1.29 is 13.5 Å². The van der Waals surface area contributed by atoms with Crippen LogP contribution in [0.3, 0.4) is 0 Å². The summed E-state index contributed by atoms with van der Waals surface area (Å²) in [5.41, 5.74) is 0. The lowest BCUT2D eigenvalue weighted by Gasteiger charge is -2.32. The van der Waals surface area contributed by atoms with Crippen LogP contribution in [0.15, 0.2) is 18.2 Å². The zero-order chi connectivity index (χ0) is 17.4. The van der Waals surface area contributed by atoms with Gasteiger partial charge in [-0.1, -0.05) is 13.8 Å². The van der Waals surface area contributed by atoms with Crippen molar-refractivity contribution in [3.05, 3.63) is 29.8 Å². The van der Waals surface area contributed by atoms with Crippen LogP contribution >= 0.6 is 24.8 Å². The molecule has 2 rings (SSSR count). The van der Waals surface area contributed by atoms with Crippen molar-refractivity contribution >= 4 is 24.8 Å². The highest BCUT2D eigenvalue weighted by Gasteiger charge is 2.18. The monoisotopic (exact) mass is 412 g/mol. The third-order valence-electron chi connectivity index (χ3n) is 4.43. The number of piperidine rings is 1. The second kappa shape index (κ2) is 13.5. The highest BCUT2D eigenvalue weighted by Crippen LogP contribution is 2.16. The van der Waals surface area contributed by atoms with Gasteiger partial charge in [-0.25, -0.2) is 8.78 Å². The number of nitrogens with zero attached hydrogens (tertiary/aromatic N) is 1. The number of benzene rings is 1. The third kappa shape index (κ3) is 9.36. The highest BCUT2D eigenvalue weighted by atomic mass is 35.5. The molecule has 0 radical (unpaired) electrons. The quantitative estimate of drug-likeness (QED) is 0.595. The molecule has 0 aromatic heterocycles. The molecule has 1 N–H and O–H groups in total. The summed E-state index contributed by atoms with van der Waals surface area (Å²) in [5, 5.41) is 3.64. The second-order valence-electron chi connectivity index (χ2n) is 7.05. The maximum Gasteiger partial charge on any atom is 0.162 e. The van der Waals surface area contributed by atoms with Crippen molar-refractivity contribution in [3.63, 3.8) is 0 Å². The van der Waals surface area contributed by atoms with E-state index in [-0.39, 0.29) is 24.8 Å². The lowest BCUT2D eigenvalue weighted by atomic mass is 10.0. The lowest BCUT2D eigenvalue weighted by molar-refractivity contribution is 0.188. The first-order valence-corrected chi connectivity index (χ1v) is 9.08. The molecule has 7 heteroatoms. The number of unbranched alkanes of at least 4 members (excludes halogenated alkanes) is 1. The number of nitrogens with one attached hydrogen (secondary N) is 1. The van der Waals surface area contributed by atoms with E-state index in [0.717, 1.165) is 51.2 Å². The van der Waals surface area contributed by atoms with E-state index in [1.807, 2.05) is 0 Å². The van der Waals surface area contributed by atoms with Gasteiger partial charge in [0.25, 0.3) is 0 Å². The fourth-order valence-electron chi connectivity index (χ4n) is 2.96. The van der Waals surface area contributed by atoms with E-state index in [1.165, 1.54) is 18.9 Å². The Labute approximate surface area is 168 Å². The molecule has 0 atom stereocenters. The molecule has 1 saturated heterocycles. The molecule has 0 saturated carbocycles. The van der Waals surface area contributed by atoms with Gasteiger partial charge in [0.1, 0.15) is 5.75 Å². The normalized spacial score (nSPS) is 15.4. The van der Waals surface area contributed by atoms with E-state index in [9.17, 15) is 8.78 Å². The van der Waals surface area contributed by atoms with Crippen molar-refractivity contribution in [2.24, 2.45) is 5.92 Å². The molecule has 0 aliphatic carbocycles. The SMILES string of the molecule is CC(C)CNC1CCN(CCCCOc2ccc(F)c(F)c2)CC1.Cl.Cl. The Bertz CT molecular complexity index is 498. The molecule has 3 nitrogen and oxygen atoms in total. The van der Waals surface area contributed by atoms with Gasteiger partial charge in [-0.05, 0) is 69.9 Å². The van der Waals surface area contributed by atoms with Crippen molar-refractivity contribution in [1.82, 2.24) is 10.2 Å². The molecular formula is C19H32Cl2F2N2O. The summed E-state index contributed by atoms with van der Waals surface area (Å²) >= 11 is 0. The van der Waals surface area contributed by atoms with E-state index < -0.39 is 11.6 Å². The summed E-state index contributed by atoms with van der Waals surface area (Å²) in [4.78, 5) is 2.51. The van der Waals surface area contributed by atoms with E-state index in [0.29, 0.717) is 24.3 Å². The molecule has 152 valence electrons. The van der Waals surface area contributed by atoms with Crippen LogP contribution < -0.4 is 10.1 Å². The Morgan fingerprint density at radius 1 is 1.12 bits per heavy atom. The lowest BCUT2D eigenvalue weighted by Crippen LogP contribution is -2.43. The second-order valence-corrected chi connectivity index (χ2v) is 7.05. The molecular weight excluding hydrogens is 381 g/mol. The maximum absolute atomic E-state index is 13.1. The molecule has 0 bridgehead atoms. The van der Waals surface area contributed by atoms with Gasteiger partial charge in [-0.3, -0.25) is 0 Å². The molecule has 1 aliphatic rings. The van der Waals surface area contributed by atoms with Crippen molar-refractivity contribution in [2.75, 3.05) is 32.8 Å². The Morgan fingerprint density at radius 2 is 1.81 bits per heavy atom. The van der Waals surface area contributed by atoms with E-state index in [1.54, 1.807) is 0 Å². The minimum Gasteiger partial charge on any atom is -0.493 e. The van der Waals surface area contributed by atoms with Crippen molar-refractivity contribution in [2.45, 2.75) is 45.6 Å². The van der Waals surface area contributed by atoms with Crippen LogP contribution in [0.4, 0.5) is 8.78 Å². The summed E-state index contributed by atoms with van der Waals surface area (Å²) in [6, 6.07) is 4.33. The van der Waals surface area contributed by atoms with Crippen LogP contribution in [0, 0.1) is 17.6 Å². The maximum atomic E-state index is 13.1. The van der Waals surface area contributed by atoms with E-state index >= 15 is 0 Å². The van der Waals surface area contributed by atoms with Gasteiger partial charge in [0.15, 0.2) is 11.6 Å². The Balaban J connectivity index is 0.00000312. The minimum absolute atomic E-state index is 0. The van der Waals surface area contributed by atoms with Crippen LogP contribution in [0.2, 0.25) is 0 Å². The first kappa shape index (κ1) is 25.4. The zero-order valence-electron chi connectivity index (χ0n) is 15.7.